The molecule has 1 atom stereocenters. The van der Waals surface area contributed by atoms with Crippen molar-refractivity contribution in [3.05, 3.63) is 56.1 Å². The molecule has 17 heavy (non-hydrogen) atoms. The number of nitrogens with one attached hydrogen (secondary N) is 2. The summed E-state index contributed by atoms with van der Waals surface area (Å²) in [5.74, 6) is 0.636. The molecular formula is C13H14N2OS. The first-order valence-electron chi connectivity index (χ1n) is 5.78. The minimum atomic E-state index is 0.0239. The number of hydrogen-bond acceptors (Lipinski definition) is 3. The summed E-state index contributed by atoms with van der Waals surface area (Å²) >= 11 is 1.22. The number of H-pyrrole nitrogens is 1. The summed E-state index contributed by atoms with van der Waals surface area (Å²) in [7, 11) is 0. The molecule has 0 radical (unpaired) electrons. The molecule has 2 aromatic rings. The largest absolute Gasteiger partial charge is 0.315 e. The first-order chi connectivity index (χ1) is 8.33. The minimum Gasteiger partial charge on any atom is -0.315 e. The Bertz CT molecular complexity index is 573. The van der Waals surface area contributed by atoms with Crippen LogP contribution >= 0.6 is 11.3 Å². The van der Waals surface area contributed by atoms with Gasteiger partial charge in [-0.25, -0.2) is 0 Å². The van der Waals surface area contributed by atoms with E-state index in [1.165, 1.54) is 28.9 Å². The normalized spacial score (nSPS) is 17.5. The molecule has 4 heteroatoms. The van der Waals surface area contributed by atoms with Crippen LogP contribution in [0, 0.1) is 0 Å². The Kier molecular flexibility index (Phi) is 2.82. The predicted octanol–water partition coefficient (Wildman–Crippen LogP) is 1.87. The highest BCUT2D eigenvalue weighted by Gasteiger charge is 2.24. The average Bonchev–Trinajstić information content (AvgIpc) is 2.71. The summed E-state index contributed by atoms with van der Waals surface area (Å²) in [5.41, 5.74) is 3.93. The molecule has 0 fully saturated rings. The molecule has 1 aromatic heterocycles. The van der Waals surface area contributed by atoms with Gasteiger partial charge in [0, 0.05) is 30.1 Å². The Morgan fingerprint density at radius 3 is 3.06 bits per heavy atom. The summed E-state index contributed by atoms with van der Waals surface area (Å²) in [6, 6.07) is 8.60. The van der Waals surface area contributed by atoms with Gasteiger partial charge in [0.1, 0.15) is 0 Å². The Labute approximate surface area is 104 Å². The summed E-state index contributed by atoms with van der Waals surface area (Å²) in [6.45, 7) is 1.73. The highest BCUT2D eigenvalue weighted by Crippen LogP contribution is 2.33. The standard InChI is InChI=1S/C13H14N2OS/c16-13-15-11(8-17-13)7-14-6-10-5-9-3-1-2-4-12(9)10/h1-4,8,10,14H,5-7H2,(H,15,16). The fraction of sp³-hybridized carbons (Fsp3) is 0.308. The minimum absolute atomic E-state index is 0.0239. The molecule has 3 nitrogen and oxygen atoms in total. The lowest BCUT2D eigenvalue weighted by molar-refractivity contribution is 0.533. The van der Waals surface area contributed by atoms with Crippen molar-refractivity contribution in [2.45, 2.75) is 18.9 Å². The van der Waals surface area contributed by atoms with Crippen LogP contribution in [-0.2, 0) is 13.0 Å². The van der Waals surface area contributed by atoms with Crippen LogP contribution in [-0.4, -0.2) is 11.5 Å². The molecular weight excluding hydrogens is 232 g/mol. The van der Waals surface area contributed by atoms with E-state index < -0.39 is 0 Å². The summed E-state index contributed by atoms with van der Waals surface area (Å²) in [6.07, 6.45) is 1.17. The van der Waals surface area contributed by atoms with Crippen molar-refractivity contribution in [2.24, 2.45) is 0 Å². The average molecular weight is 246 g/mol. The van der Waals surface area contributed by atoms with Gasteiger partial charge in [0.25, 0.3) is 0 Å². The van der Waals surface area contributed by atoms with Gasteiger partial charge >= 0.3 is 4.87 Å². The van der Waals surface area contributed by atoms with Crippen molar-refractivity contribution in [1.29, 1.82) is 0 Å². The van der Waals surface area contributed by atoms with Crippen LogP contribution in [0.1, 0.15) is 22.7 Å². The van der Waals surface area contributed by atoms with E-state index >= 15 is 0 Å². The van der Waals surface area contributed by atoms with Gasteiger partial charge in [0.2, 0.25) is 0 Å². The third-order valence-electron chi connectivity index (χ3n) is 3.24. The molecule has 0 saturated heterocycles. The number of hydrogen-bond donors (Lipinski definition) is 2. The van der Waals surface area contributed by atoms with Gasteiger partial charge in [-0.1, -0.05) is 35.6 Å². The zero-order valence-electron chi connectivity index (χ0n) is 9.40. The quantitative estimate of drug-likeness (QED) is 0.865. The molecule has 0 amide bonds. The molecule has 1 aliphatic carbocycles. The van der Waals surface area contributed by atoms with E-state index in [4.69, 9.17) is 0 Å². The first kappa shape index (κ1) is 10.7. The summed E-state index contributed by atoms with van der Waals surface area (Å²) in [4.78, 5) is 13.8. The molecule has 1 aliphatic rings. The Hall–Kier alpha value is -1.39. The number of rotatable bonds is 4. The zero-order valence-corrected chi connectivity index (χ0v) is 10.2. The zero-order chi connectivity index (χ0) is 11.7. The van der Waals surface area contributed by atoms with Crippen molar-refractivity contribution in [2.75, 3.05) is 6.54 Å². The molecule has 88 valence electrons. The maximum absolute atomic E-state index is 11.0. The second kappa shape index (κ2) is 4.47. The fourth-order valence-electron chi connectivity index (χ4n) is 2.33. The number of aromatic amines is 1. The highest BCUT2D eigenvalue weighted by atomic mass is 32.1. The fourth-order valence-corrected chi connectivity index (χ4v) is 2.91. The van der Waals surface area contributed by atoms with Gasteiger partial charge in [-0.2, -0.15) is 0 Å². The predicted molar refractivity (Wildman–Crippen MR) is 69.5 cm³/mol. The lowest BCUT2D eigenvalue weighted by atomic mass is 9.77. The Morgan fingerprint density at radius 1 is 1.41 bits per heavy atom. The van der Waals surface area contributed by atoms with Crippen molar-refractivity contribution in [3.63, 3.8) is 0 Å². The Morgan fingerprint density at radius 2 is 2.29 bits per heavy atom. The van der Waals surface area contributed by atoms with Gasteiger partial charge in [-0.3, -0.25) is 4.79 Å². The lowest BCUT2D eigenvalue weighted by Gasteiger charge is -2.30. The van der Waals surface area contributed by atoms with Gasteiger partial charge in [0.15, 0.2) is 0 Å². The van der Waals surface area contributed by atoms with Crippen molar-refractivity contribution in [3.8, 4) is 0 Å². The van der Waals surface area contributed by atoms with Crippen LogP contribution in [0.2, 0.25) is 0 Å². The van der Waals surface area contributed by atoms with E-state index in [1.54, 1.807) is 0 Å². The van der Waals surface area contributed by atoms with Crippen LogP contribution in [0.15, 0.2) is 34.4 Å². The van der Waals surface area contributed by atoms with Crippen LogP contribution in [0.3, 0.4) is 0 Å². The van der Waals surface area contributed by atoms with E-state index in [1.807, 2.05) is 5.38 Å². The van der Waals surface area contributed by atoms with Crippen molar-refractivity contribution < 1.29 is 0 Å². The molecule has 1 heterocycles. The second-order valence-corrected chi connectivity index (χ2v) is 5.25. The maximum Gasteiger partial charge on any atom is 0.304 e. The summed E-state index contributed by atoms with van der Waals surface area (Å²) in [5, 5.41) is 5.27. The molecule has 2 N–H and O–H groups in total. The van der Waals surface area contributed by atoms with Gasteiger partial charge in [-0.15, -0.1) is 0 Å². The smallest absolute Gasteiger partial charge is 0.304 e. The Balaban J connectivity index is 1.52. The van der Waals surface area contributed by atoms with E-state index in [2.05, 4.69) is 34.6 Å². The molecule has 3 rings (SSSR count). The third kappa shape index (κ3) is 2.18. The van der Waals surface area contributed by atoms with Crippen molar-refractivity contribution in [1.82, 2.24) is 10.3 Å². The maximum atomic E-state index is 11.0. The van der Waals surface area contributed by atoms with E-state index in [-0.39, 0.29) is 4.87 Å². The molecule has 0 bridgehead atoms. The molecule has 0 saturated carbocycles. The molecule has 0 aliphatic heterocycles. The SMILES string of the molecule is O=c1[nH]c(CNCC2Cc3ccccc32)cs1. The first-order valence-corrected chi connectivity index (χ1v) is 6.66. The molecule has 1 unspecified atom stereocenters. The van der Waals surface area contributed by atoms with E-state index in [0.717, 1.165) is 18.8 Å². The number of aromatic nitrogens is 1. The van der Waals surface area contributed by atoms with Gasteiger partial charge in [0.05, 0.1) is 0 Å². The monoisotopic (exact) mass is 246 g/mol. The van der Waals surface area contributed by atoms with Crippen LogP contribution in [0.5, 0.6) is 0 Å². The van der Waals surface area contributed by atoms with Crippen molar-refractivity contribution >= 4 is 11.3 Å². The number of fused-ring (bicyclic) bond motifs is 1. The third-order valence-corrected chi connectivity index (χ3v) is 3.96. The molecule has 0 spiro atoms. The number of benzene rings is 1. The van der Waals surface area contributed by atoms with E-state index in [0.29, 0.717) is 5.92 Å². The summed E-state index contributed by atoms with van der Waals surface area (Å²) < 4.78 is 0. The second-order valence-electron chi connectivity index (χ2n) is 4.40. The van der Waals surface area contributed by atoms with Gasteiger partial charge < -0.3 is 10.3 Å². The highest BCUT2D eigenvalue weighted by molar-refractivity contribution is 7.07. The topological polar surface area (TPSA) is 44.9 Å². The van der Waals surface area contributed by atoms with Crippen LogP contribution in [0.4, 0.5) is 0 Å². The van der Waals surface area contributed by atoms with Crippen LogP contribution < -0.4 is 10.2 Å². The van der Waals surface area contributed by atoms with E-state index in [9.17, 15) is 4.79 Å². The van der Waals surface area contributed by atoms with Crippen LogP contribution in [0.25, 0.3) is 0 Å². The lowest BCUT2D eigenvalue weighted by Crippen LogP contribution is -2.29. The van der Waals surface area contributed by atoms with Gasteiger partial charge in [-0.05, 0) is 17.5 Å². The number of thiazole rings is 1. The molecule has 1 aromatic carbocycles.